The molecule has 0 fully saturated rings. The molecule has 0 aromatic heterocycles. The highest BCUT2D eigenvalue weighted by atomic mass is 32.2. The van der Waals surface area contributed by atoms with Gasteiger partial charge in [-0.25, -0.2) is 4.57 Å². The SMILES string of the molecule is CCCCCCCCCCCCCCCCSCCCCOP(=O)(OCCCCSCCCCCCCCCCCCCCCC)OCCCCSCCCCCCCCCCCCCCCC. The van der Waals surface area contributed by atoms with Crippen LogP contribution in [0.1, 0.15) is 329 Å². The molecule has 0 unspecified atom stereocenters. The lowest BCUT2D eigenvalue weighted by atomic mass is 10.0. The minimum absolute atomic E-state index is 0.459. The maximum Gasteiger partial charge on any atom is 0.474 e. The predicted octanol–water partition coefficient (Wildman–Crippen LogP) is 23.1. The van der Waals surface area contributed by atoms with Gasteiger partial charge in [-0.2, -0.15) is 35.3 Å². The molecule has 410 valence electrons. The van der Waals surface area contributed by atoms with Gasteiger partial charge in [0.25, 0.3) is 0 Å². The van der Waals surface area contributed by atoms with Gasteiger partial charge in [-0.05, 0) is 92.3 Å². The van der Waals surface area contributed by atoms with Crippen molar-refractivity contribution in [2.45, 2.75) is 329 Å². The van der Waals surface area contributed by atoms with Gasteiger partial charge in [0, 0.05) is 0 Å². The molecular formula is C60H123O4PS3. The maximum atomic E-state index is 13.7. The second-order valence-electron chi connectivity index (χ2n) is 20.7. The summed E-state index contributed by atoms with van der Waals surface area (Å²) < 4.78 is 31.5. The summed E-state index contributed by atoms with van der Waals surface area (Å²) in [6.45, 7) is 8.28. The lowest BCUT2D eigenvalue weighted by Gasteiger charge is -2.18. The topological polar surface area (TPSA) is 44.8 Å². The van der Waals surface area contributed by atoms with E-state index in [0.717, 1.165) is 55.8 Å². The van der Waals surface area contributed by atoms with Crippen molar-refractivity contribution in [1.82, 2.24) is 0 Å². The Kier molecular flexibility index (Phi) is 63.5. The zero-order chi connectivity index (χ0) is 49.0. The smallest absolute Gasteiger partial charge is 0.287 e. The molecule has 0 aliphatic rings. The molecule has 0 rings (SSSR count). The molecule has 8 heteroatoms. The van der Waals surface area contributed by atoms with E-state index >= 15 is 0 Å². The summed E-state index contributed by atoms with van der Waals surface area (Å²) >= 11 is 6.22. The van der Waals surface area contributed by atoms with E-state index in [2.05, 4.69) is 56.1 Å². The summed E-state index contributed by atoms with van der Waals surface area (Å²) in [6.07, 6.45) is 65.6. The van der Waals surface area contributed by atoms with Gasteiger partial charge >= 0.3 is 7.82 Å². The number of hydrogen-bond donors (Lipinski definition) is 0. The summed E-state index contributed by atoms with van der Waals surface area (Å²) in [5.41, 5.74) is 0. The monoisotopic (exact) mass is 1030 g/mol. The van der Waals surface area contributed by atoms with Crippen LogP contribution in [-0.2, 0) is 18.1 Å². The van der Waals surface area contributed by atoms with E-state index < -0.39 is 7.82 Å². The van der Waals surface area contributed by atoms with Gasteiger partial charge in [0.2, 0.25) is 0 Å². The Bertz CT molecular complexity index is 830. The van der Waals surface area contributed by atoms with Crippen LogP contribution in [0.4, 0.5) is 0 Å². The van der Waals surface area contributed by atoms with Crippen LogP contribution in [-0.4, -0.2) is 54.3 Å². The van der Waals surface area contributed by atoms with E-state index in [1.54, 1.807) is 0 Å². The summed E-state index contributed by atoms with van der Waals surface area (Å²) in [5.74, 6) is 7.25. The first-order valence-electron chi connectivity index (χ1n) is 30.9. The fourth-order valence-electron chi connectivity index (χ4n) is 9.06. The average Bonchev–Trinajstić information content (AvgIpc) is 3.34. The lowest BCUT2D eigenvalue weighted by Crippen LogP contribution is -2.05. The number of phosphoric acid groups is 1. The molecule has 0 bridgehead atoms. The molecular weight excluding hydrogens is 912 g/mol. The van der Waals surface area contributed by atoms with Crippen molar-refractivity contribution >= 4 is 43.1 Å². The molecule has 0 aliphatic heterocycles. The van der Waals surface area contributed by atoms with Crippen molar-refractivity contribution in [3.05, 3.63) is 0 Å². The van der Waals surface area contributed by atoms with E-state index in [1.807, 2.05) is 0 Å². The Morgan fingerprint density at radius 2 is 0.368 bits per heavy atom. The van der Waals surface area contributed by atoms with Crippen LogP contribution in [0.2, 0.25) is 0 Å². The number of unbranched alkanes of at least 4 members (excludes halogenated alkanes) is 42. The van der Waals surface area contributed by atoms with Crippen LogP contribution >= 0.6 is 43.1 Å². The van der Waals surface area contributed by atoms with Crippen molar-refractivity contribution in [1.29, 1.82) is 0 Å². The van der Waals surface area contributed by atoms with Crippen LogP contribution in [0.5, 0.6) is 0 Å². The molecule has 0 saturated heterocycles. The van der Waals surface area contributed by atoms with Crippen LogP contribution in [0.3, 0.4) is 0 Å². The first-order chi connectivity index (χ1) is 33.7. The van der Waals surface area contributed by atoms with Crippen molar-refractivity contribution in [2.24, 2.45) is 0 Å². The Morgan fingerprint density at radius 1 is 0.221 bits per heavy atom. The Labute approximate surface area is 442 Å². The second kappa shape index (κ2) is 62.5. The van der Waals surface area contributed by atoms with E-state index in [1.165, 1.54) is 287 Å². The van der Waals surface area contributed by atoms with Gasteiger partial charge < -0.3 is 0 Å². The Morgan fingerprint density at radius 3 is 0.544 bits per heavy atom. The van der Waals surface area contributed by atoms with E-state index in [0.29, 0.717) is 19.8 Å². The molecule has 0 spiro atoms. The molecule has 0 aliphatic carbocycles. The van der Waals surface area contributed by atoms with Gasteiger partial charge in [-0.1, -0.05) is 271 Å². The molecule has 0 saturated carbocycles. The molecule has 0 atom stereocenters. The lowest BCUT2D eigenvalue weighted by molar-refractivity contribution is 0.110. The van der Waals surface area contributed by atoms with Crippen LogP contribution in [0.25, 0.3) is 0 Å². The summed E-state index contributed by atoms with van der Waals surface area (Å²) in [6, 6.07) is 0. The second-order valence-corrected chi connectivity index (χ2v) is 26.0. The maximum absolute atomic E-state index is 13.7. The molecule has 0 N–H and O–H groups in total. The highest BCUT2D eigenvalue weighted by Crippen LogP contribution is 2.50. The first-order valence-corrected chi connectivity index (χ1v) is 35.9. The third-order valence-corrected chi connectivity index (χ3v) is 18.7. The van der Waals surface area contributed by atoms with Crippen molar-refractivity contribution in [3.63, 3.8) is 0 Å². The number of hydrogen-bond acceptors (Lipinski definition) is 7. The van der Waals surface area contributed by atoms with Gasteiger partial charge in [0.15, 0.2) is 0 Å². The number of rotatable bonds is 63. The largest absolute Gasteiger partial charge is 0.474 e. The third kappa shape index (κ3) is 59.7. The normalized spacial score (nSPS) is 12.0. The van der Waals surface area contributed by atoms with E-state index in [-0.39, 0.29) is 0 Å². The quantitative estimate of drug-likeness (QED) is 0.0444. The molecule has 0 aromatic rings. The minimum Gasteiger partial charge on any atom is -0.287 e. The zero-order valence-corrected chi connectivity index (χ0v) is 50.0. The first kappa shape index (κ1) is 69.2. The van der Waals surface area contributed by atoms with Gasteiger partial charge in [0.05, 0.1) is 19.8 Å². The van der Waals surface area contributed by atoms with E-state index in [4.69, 9.17) is 13.6 Å². The zero-order valence-electron chi connectivity index (χ0n) is 46.6. The average molecular weight is 1040 g/mol. The number of thioether (sulfide) groups is 3. The summed E-state index contributed by atoms with van der Waals surface area (Å²) in [4.78, 5) is 0. The van der Waals surface area contributed by atoms with Gasteiger partial charge in [0.1, 0.15) is 0 Å². The highest BCUT2D eigenvalue weighted by Gasteiger charge is 2.26. The van der Waals surface area contributed by atoms with Crippen LogP contribution < -0.4 is 0 Å². The van der Waals surface area contributed by atoms with E-state index in [9.17, 15) is 4.57 Å². The van der Waals surface area contributed by atoms with Gasteiger partial charge in [-0.3, -0.25) is 13.6 Å². The molecule has 0 amide bonds. The van der Waals surface area contributed by atoms with Gasteiger partial charge in [-0.15, -0.1) is 0 Å². The predicted molar refractivity (Wildman–Crippen MR) is 316 cm³/mol. The van der Waals surface area contributed by atoms with Crippen LogP contribution in [0, 0.1) is 0 Å². The Balaban J connectivity index is 4.09. The highest BCUT2D eigenvalue weighted by molar-refractivity contribution is 7.99. The minimum atomic E-state index is -3.52. The third-order valence-electron chi connectivity index (χ3n) is 13.7. The molecule has 0 radical (unpaired) electrons. The number of phosphoric ester groups is 1. The van der Waals surface area contributed by atoms with Crippen molar-refractivity contribution in [3.8, 4) is 0 Å². The fourth-order valence-corrected chi connectivity index (χ4v) is 13.4. The van der Waals surface area contributed by atoms with Crippen LogP contribution in [0.15, 0.2) is 0 Å². The standard InChI is InChI=1S/C60H123O4PS3/c1-4-7-10-13-16-19-22-25-28-31-34-37-40-46-55-66-58-49-43-52-62-65(61,63-53-44-50-59-67-56-47-41-38-35-32-29-26-23-20-17-14-11-8-5-2)64-54-45-51-60-68-57-48-42-39-36-33-30-27-24-21-18-15-12-9-6-3/h4-60H2,1-3H3. The molecule has 0 aromatic carbocycles. The summed E-state index contributed by atoms with van der Waals surface area (Å²) in [7, 11) is -3.52. The van der Waals surface area contributed by atoms with Crippen molar-refractivity contribution < 1.29 is 18.1 Å². The Hall–Kier alpha value is 1.16. The molecule has 4 nitrogen and oxygen atoms in total. The van der Waals surface area contributed by atoms with Crippen molar-refractivity contribution in [2.75, 3.05) is 54.3 Å². The molecule has 0 heterocycles. The fraction of sp³-hybridized carbons (Fsp3) is 1.00. The molecule has 68 heavy (non-hydrogen) atoms. The summed E-state index contributed by atoms with van der Waals surface area (Å²) in [5, 5.41) is 0.